The van der Waals surface area contributed by atoms with Gasteiger partial charge in [-0.25, -0.2) is 14.4 Å². The van der Waals surface area contributed by atoms with Crippen molar-refractivity contribution in [1.82, 2.24) is 9.97 Å². The zero-order chi connectivity index (χ0) is 18.2. The maximum Gasteiger partial charge on any atom is 0.132 e. The molecule has 0 amide bonds. The van der Waals surface area contributed by atoms with Gasteiger partial charge >= 0.3 is 0 Å². The molecule has 3 rings (SSSR count). The zero-order valence-electron chi connectivity index (χ0n) is 14.9. The molecule has 2 N–H and O–H groups in total. The Morgan fingerprint density at radius 1 is 0.846 bits per heavy atom. The van der Waals surface area contributed by atoms with Gasteiger partial charge in [-0.3, -0.25) is 0 Å². The molecular formula is C21H23FN4. The molecule has 0 unspecified atom stereocenters. The van der Waals surface area contributed by atoms with Gasteiger partial charge in [0.1, 0.15) is 23.3 Å². The van der Waals surface area contributed by atoms with Gasteiger partial charge in [-0.1, -0.05) is 42.5 Å². The molecule has 5 heteroatoms. The van der Waals surface area contributed by atoms with Crippen LogP contribution in [0.1, 0.15) is 23.4 Å². The first-order valence-corrected chi connectivity index (χ1v) is 8.81. The molecule has 0 aliphatic rings. The molecule has 0 spiro atoms. The Morgan fingerprint density at radius 3 is 2.27 bits per heavy atom. The lowest BCUT2D eigenvalue weighted by Gasteiger charge is -2.10. The van der Waals surface area contributed by atoms with Gasteiger partial charge in [0, 0.05) is 19.2 Å². The molecule has 0 radical (unpaired) electrons. The third kappa shape index (κ3) is 5.55. The Morgan fingerprint density at radius 2 is 1.54 bits per heavy atom. The summed E-state index contributed by atoms with van der Waals surface area (Å²) < 4.78 is 13.0. The number of aromatic nitrogens is 2. The lowest BCUT2D eigenvalue weighted by Crippen LogP contribution is -2.08. The first-order chi connectivity index (χ1) is 12.7. The predicted molar refractivity (Wildman–Crippen MR) is 104 cm³/mol. The molecular weight excluding hydrogens is 327 g/mol. The standard InChI is InChI=1S/C21H23FN4/c1-16-25-20(23-13-5-8-17-6-3-2-4-7-17)14-21(26-16)24-15-18-9-11-19(22)12-10-18/h2-4,6-7,9-12,14H,5,8,13,15H2,1H3,(H2,23,24,25,26). The summed E-state index contributed by atoms with van der Waals surface area (Å²) in [5.74, 6) is 2.05. The number of anilines is 2. The van der Waals surface area contributed by atoms with E-state index in [0.29, 0.717) is 12.4 Å². The monoisotopic (exact) mass is 350 g/mol. The summed E-state index contributed by atoms with van der Waals surface area (Å²) in [5.41, 5.74) is 2.34. The Balaban J connectivity index is 1.51. The Kier molecular flexibility index (Phi) is 6.14. The quantitative estimate of drug-likeness (QED) is 0.584. The first kappa shape index (κ1) is 17.9. The number of rotatable bonds is 8. The zero-order valence-corrected chi connectivity index (χ0v) is 14.9. The van der Waals surface area contributed by atoms with Crippen molar-refractivity contribution in [3.8, 4) is 0 Å². The van der Waals surface area contributed by atoms with Crippen LogP contribution in [0.2, 0.25) is 0 Å². The second-order valence-electron chi connectivity index (χ2n) is 6.18. The van der Waals surface area contributed by atoms with Crippen molar-refractivity contribution in [2.45, 2.75) is 26.3 Å². The Labute approximate surface area is 153 Å². The second-order valence-corrected chi connectivity index (χ2v) is 6.18. The lowest BCUT2D eigenvalue weighted by molar-refractivity contribution is 0.627. The van der Waals surface area contributed by atoms with E-state index >= 15 is 0 Å². The number of hydrogen-bond acceptors (Lipinski definition) is 4. The van der Waals surface area contributed by atoms with Crippen molar-refractivity contribution in [1.29, 1.82) is 0 Å². The van der Waals surface area contributed by atoms with E-state index in [9.17, 15) is 4.39 Å². The van der Waals surface area contributed by atoms with Crippen molar-refractivity contribution < 1.29 is 4.39 Å². The molecule has 2 aromatic carbocycles. The third-order valence-electron chi connectivity index (χ3n) is 4.02. The van der Waals surface area contributed by atoms with Gasteiger partial charge in [-0.05, 0) is 43.0 Å². The molecule has 0 atom stereocenters. The summed E-state index contributed by atoms with van der Waals surface area (Å²) in [4.78, 5) is 8.84. The predicted octanol–water partition coefficient (Wildman–Crippen LogP) is 4.58. The molecule has 3 aromatic rings. The van der Waals surface area contributed by atoms with Crippen LogP contribution in [0, 0.1) is 12.7 Å². The molecule has 1 heterocycles. The van der Waals surface area contributed by atoms with E-state index in [4.69, 9.17) is 0 Å². The highest BCUT2D eigenvalue weighted by atomic mass is 19.1. The largest absolute Gasteiger partial charge is 0.370 e. The lowest BCUT2D eigenvalue weighted by atomic mass is 10.1. The number of nitrogens with one attached hydrogen (secondary N) is 2. The Hall–Kier alpha value is -2.95. The van der Waals surface area contributed by atoms with Crippen LogP contribution in [0.3, 0.4) is 0 Å². The minimum Gasteiger partial charge on any atom is -0.370 e. The highest BCUT2D eigenvalue weighted by Gasteiger charge is 2.02. The van der Waals surface area contributed by atoms with Crippen LogP contribution in [0.5, 0.6) is 0 Å². The molecule has 26 heavy (non-hydrogen) atoms. The maximum absolute atomic E-state index is 13.0. The third-order valence-corrected chi connectivity index (χ3v) is 4.02. The fourth-order valence-electron chi connectivity index (χ4n) is 2.70. The van der Waals surface area contributed by atoms with Crippen molar-refractivity contribution in [2.75, 3.05) is 17.2 Å². The van der Waals surface area contributed by atoms with Crippen molar-refractivity contribution >= 4 is 11.6 Å². The van der Waals surface area contributed by atoms with Gasteiger partial charge in [-0.2, -0.15) is 0 Å². The van der Waals surface area contributed by atoms with E-state index in [1.54, 1.807) is 12.1 Å². The number of benzene rings is 2. The van der Waals surface area contributed by atoms with E-state index in [-0.39, 0.29) is 5.82 Å². The van der Waals surface area contributed by atoms with Crippen LogP contribution in [0.15, 0.2) is 60.7 Å². The van der Waals surface area contributed by atoms with E-state index in [1.807, 2.05) is 19.1 Å². The highest BCUT2D eigenvalue weighted by Crippen LogP contribution is 2.13. The smallest absolute Gasteiger partial charge is 0.132 e. The van der Waals surface area contributed by atoms with E-state index in [2.05, 4.69) is 44.9 Å². The Bertz CT molecular complexity index is 819. The summed E-state index contributed by atoms with van der Waals surface area (Å²) in [5, 5.41) is 6.63. The van der Waals surface area contributed by atoms with Crippen LogP contribution in [0.25, 0.3) is 0 Å². The number of nitrogens with zero attached hydrogens (tertiary/aromatic N) is 2. The average molecular weight is 350 g/mol. The normalized spacial score (nSPS) is 10.5. The summed E-state index contributed by atoms with van der Waals surface area (Å²) >= 11 is 0. The molecule has 0 aliphatic heterocycles. The summed E-state index contributed by atoms with van der Waals surface area (Å²) in [6.45, 7) is 3.31. The van der Waals surface area contributed by atoms with Crippen molar-refractivity contribution in [2.24, 2.45) is 0 Å². The topological polar surface area (TPSA) is 49.8 Å². The van der Waals surface area contributed by atoms with Crippen LogP contribution >= 0.6 is 0 Å². The van der Waals surface area contributed by atoms with Gasteiger partial charge in [0.2, 0.25) is 0 Å². The van der Waals surface area contributed by atoms with Gasteiger partial charge in [0.25, 0.3) is 0 Å². The summed E-state index contributed by atoms with van der Waals surface area (Å²) in [6, 6.07) is 18.8. The summed E-state index contributed by atoms with van der Waals surface area (Å²) in [6.07, 6.45) is 2.07. The molecule has 0 fully saturated rings. The van der Waals surface area contributed by atoms with E-state index in [0.717, 1.165) is 36.6 Å². The molecule has 4 nitrogen and oxygen atoms in total. The first-order valence-electron chi connectivity index (χ1n) is 8.81. The van der Waals surface area contributed by atoms with Crippen LogP contribution in [-0.2, 0) is 13.0 Å². The number of halogens is 1. The van der Waals surface area contributed by atoms with Crippen LogP contribution < -0.4 is 10.6 Å². The van der Waals surface area contributed by atoms with Gasteiger partial charge in [0.15, 0.2) is 0 Å². The maximum atomic E-state index is 13.0. The fourth-order valence-corrected chi connectivity index (χ4v) is 2.70. The van der Waals surface area contributed by atoms with Gasteiger partial charge in [-0.15, -0.1) is 0 Å². The molecule has 0 aliphatic carbocycles. The fraction of sp³-hybridized carbons (Fsp3) is 0.238. The summed E-state index contributed by atoms with van der Waals surface area (Å²) in [7, 11) is 0. The van der Waals surface area contributed by atoms with E-state index in [1.165, 1.54) is 17.7 Å². The van der Waals surface area contributed by atoms with Crippen molar-refractivity contribution in [3.63, 3.8) is 0 Å². The van der Waals surface area contributed by atoms with Gasteiger partial charge in [0.05, 0.1) is 0 Å². The van der Waals surface area contributed by atoms with E-state index < -0.39 is 0 Å². The van der Waals surface area contributed by atoms with Crippen LogP contribution in [0.4, 0.5) is 16.0 Å². The second kappa shape index (κ2) is 8.94. The SMILES string of the molecule is Cc1nc(NCCCc2ccccc2)cc(NCc2ccc(F)cc2)n1. The van der Waals surface area contributed by atoms with Crippen LogP contribution in [-0.4, -0.2) is 16.5 Å². The molecule has 1 aromatic heterocycles. The number of hydrogen-bond donors (Lipinski definition) is 2. The minimum absolute atomic E-state index is 0.228. The molecule has 0 saturated heterocycles. The molecule has 0 bridgehead atoms. The number of aryl methyl sites for hydroxylation is 2. The highest BCUT2D eigenvalue weighted by molar-refractivity contribution is 5.47. The van der Waals surface area contributed by atoms with Gasteiger partial charge < -0.3 is 10.6 Å². The minimum atomic E-state index is -0.228. The molecule has 0 saturated carbocycles. The van der Waals surface area contributed by atoms with Crippen molar-refractivity contribution in [3.05, 3.63) is 83.4 Å². The average Bonchev–Trinajstić information content (AvgIpc) is 2.65. The molecule has 134 valence electrons.